The van der Waals surface area contributed by atoms with Crippen LogP contribution in [0.5, 0.6) is 0 Å². The number of hydrogen-bond acceptors (Lipinski definition) is 3. The molecule has 0 saturated carbocycles. The average molecular weight is 303 g/mol. The van der Waals surface area contributed by atoms with Crippen LogP contribution in [0.3, 0.4) is 0 Å². The minimum absolute atomic E-state index is 0.136. The molecule has 3 heterocycles. The molecule has 0 spiro atoms. The van der Waals surface area contributed by atoms with Gasteiger partial charge in [0.2, 0.25) is 5.91 Å². The van der Waals surface area contributed by atoms with Crippen LogP contribution in [0.2, 0.25) is 0 Å². The molecular weight excluding hydrogens is 282 g/mol. The molecule has 112 valence electrons. The van der Waals surface area contributed by atoms with Crippen molar-refractivity contribution in [2.45, 2.75) is 39.2 Å². The number of likely N-dealkylation sites (tertiary alicyclic amines) is 1. The second kappa shape index (κ2) is 5.64. The number of carbonyl (C=O) groups is 1. The predicted octanol–water partition coefficient (Wildman–Crippen LogP) is 3.00. The highest BCUT2D eigenvalue weighted by molar-refractivity contribution is 7.12. The van der Waals surface area contributed by atoms with Gasteiger partial charge in [0.25, 0.3) is 0 Å². The molecule has 1 aliphatic heterocycles. The summed E-state index contributed by atoms with van der Waals surface area (Å²) >= 11 is 1.71. The van der Waals surface area contributed by atoms with Crippen LogP contribution in [0.4, 0.5) is 0 Å². The van der Waals surface area contributed by atoms with Gasteiger partial charge in [-0.3, -0.25) is 4.79 Å². The van der Waals surface area contributed by atoms with Gasteiger partial charge >= 0.3 is 0 Å². The summed E-state index contributed by atoms with van der Waals surface area (Å²) in [6.07, 6.45) is 4.61. The number of rotatable bonds is 3. The van der Waals surface area contributed by atoms with Crippen molar-refractivity contribution in [2.75, 3.05) is 6.54 Å². The van der Waals surface area contributed by atoms with Gasteiger partial charge in [0.15, 0.2) is 0 Å². The van der Waals surface area contributed by atoms with Gasteiger partial charge < -0.3 is 9.47 Å². The van der Waals surface area contributed by atoms with Crippen LogP contribution < -0.4 is 0 Å². The third-order valence-electron chi connectivity index (χ3n) is 4.03. The lowest BCUT2D eigenvalue weighted by Crippen LogP contribution is -2.32. The highest BCUT2D eigenvalue weighted by Crippen LogP contribution is 2.32. The Bertz CT molecular complexity index is 658. The van der Waals surface area contributed by atoms with Crippen molar-refractivity contribution < 1.29 is 4.79 Å². The van der Waals surface area contributed by atoms with E-state index in [4.69, 9.17) is 0 Å². The van der Waals surface area contributed by atoms with E-state index in [9.17, 15) is 4.79 Å². The molecule has 3 rings (SSSR count). The Morgan fingerprint density at radius 2 is 2.24 bits per heavy atom. The zero-order chi connectivity index (χ0) is 15.0. The summed E-state index contributed by atoms with van der Waals surface area (Å²) < 4.78 is 2.06. The molecule has 0 N–H and O–H groups in total. The van der Waals surface area contributed by atoms with Crippen LogP contribution >= 0.6 is 11.3 Å². The maximum atomic E-state index is 12.6. The Morgan fingerprint density at radius 1 is 1.43 bits per heavy atom. The van der Waals surface area contributed by atoms with Crippen molar-refractivity contribution in [3.63, 3.8) is 0 Å². The molecule has 0 radical (unpaired) electrons. The summed E-state index contributed by atoms with van der Waals surface area (Å²) in [5.74, 6) is 1.24. The van der Waals surface area contributed by atoms with Crippen molar-refractivity contribution in [2.24, 2.45) is 7.05 Å². The standard InChI is InChI=1S/C16H21N3OS/c1-11-10-18(3)16(17-11)14-5-4-8-19(14)15(20)9-13-7-6-12(2)21-13/h6-7,10,14H,4-5,8-9H2,1-3H3. The van der Waals surface area contributed by atoms with Gasteiger partial charge in [-0.2, -0.15) is 0 Å². The Hall–Kier alpha value is -1.62. The quantitative estimate of drug-likeness (QED) is 0.874. The molecule has 1 fully saturated rings. The molecule has 0 aliphatic carbocycles. The molecule has 2 aromatic heterocycles. The number of thiophene rings is 1. The highest BCUT2D eigenvalue weighted by atomic mass is 32.1. The van der Waals surface area contributed by atoms with Gasteiger partial charge in [0.1, 0.15) is 5.82 Å². The van der Waals surface area contributed by atoms with Gasteiger partial charge in [-0.25, -0.2) is 4.98 Å². The normalized spacial score (nSPS) is 18.4. The molecule has 1 saturated heterocycles. The second-order valence-electron chi connectivity index (χ2n) is 5.79. The molecule has 0 aromatic carbocycles. The number of imidazole rings is 1. The first-order valence-electron chi connectivity index (χ1n) is 7.39. The first kappa shape index (κ1) is 14.3. The van der Waals surface area contributed by atoms with E-state index < -0.39 is 0 Å². The SMILES string of the molecule is Cc1cn(C)c(C2CCCN2C(=O)Cc2ccc(C)s2)n1. The summed E-state index contributed by atoms with van der Waals surface area (Å²) in [5.41, 5.74) is 1.01. The van der Waals surface area contributed by atoms with Gasteiger partial charge in [0.05, 0.1) is 18.2 Å². The van der Waals surface area contributed by atoms with Gasteiger partial charge in [-0.15, -0.1) is 11.3 Å². The Morgan fingerprint density at radius 3 is 2.86 bits per heavy atom. The summed E-state index contributed by atoms with van der Waals surface area (Å²) in [5, 5.41) is 0. The molecule has 5 heteroatoms. The fourth-order valence-corrected chi connectivity index (χ4v) is 3.99. The fraction of sp³-hybridized carbons (Fsp3) is 0.500. The highest BCUT2D eigenvalue weighted by Gasteiger charge is 2.32. The number of carbonyl (C=O) groups excluding carboxylic acids is 1. The third kappa shape index (κ3) is 2.88. The van der Waals surface area contributed by atoms with Crippen molar-refractivity contribution in [3.05, 3.63) is 39.6 Å². The van der Waals surface area contributed by atoms with Crippen molar-refractivity contribution in [1.29, 1.82) is 0 Å². The van der Waals surface area contributed by atoms with Crippen molar-refractivity contribution in [1.82, 2.24) is 14.5 Å². The van der Waals surface area contributed by atoms with Crippen LogP contribution in [0.25, 0.3) is 0 Å². The van der Waals surface area contributed by atoms with E-state index in [-0.39, 0.29) is 11.9 Å². The largest absolute Gasteiger partial charge is 0.336 e. The molecule has 21 heavy (non-hydrogen) atoms. The third-order valence-corrected chi connectivity index (χ3v) is 5.03. The van der Waals surface area contributed by atoms with E-state index in [1.165, 1.54) is 4.88 Å². The van der Waals surface area contributed by atoms with Crippen LogP contribution in [0, 0.1) is 13.8 Å². The Kier molecular flexibility index (Phi) is 3.85. The maximum Gasteiger partial charge on any atom is 0.228 e. The zero-order valence-electron chi connectivity index (χ0n) is 12.8. The molecule has 0 bridgehead atoms. The van der Waals surface area contributed by atoms with E-state index in [2.05, 4.69) is 28.6 Å². The Labute approximate surface area is 129 Å². The minimum atomic E-state index is 0.136. The first-order chi connectivity index (χ1) is 10.0. The minimum Gasteiger partial charge on any atom is -0.336 e. The Balaban J connectivity index is 1.77. The lowest BCUT2D eigenvalue weighted by Gasteiger charge is -2.24. The lowest BCUT2D eigenvalue weighted by molar-refractivity contribution is -0.131. The molecule has 1 unspecified atom stereocenters. The van der Waals surface area contributed by atoms with Crippen LogP contribution in [0.15, 0.2) is 18.3 Å². The van der Waals surface area contributed by atoms with E-state index >= 15 is 0 Å². The van der Waals surface area contributed by atoms with E-state index in [1.54, 1.807) is 11.3 Å². The number of hydrogen-bond donors (Lipinski definition) is 0. The molecule has 1 atom stereocenters. The summed E-state index contributed by atoms with van der Waals surface area (Å²) in [6.45, 7) is 4.92. The average Bonchev–Trinajstić information content (AvgIpc) is 3.10. The topological polar surface area (TPSA) is 38.1 Å². The van der Waals surface area contributed by atoms with Gasteiger partial charge in [0, 0.05) is 29.5 Å². The number of amides is 1. The van der Waals surface area contributed by atoms with Crippen molar-refractivity contribution >= 4 is 17.2 Å². The fourth-order valence-electron chi connectivity index (χ4n) is 3.11. The number of nitrogens with zero attached hydrogens (tertiary/aromatic N) is 3. The molecule has 1 aliphatic rings. The summed E-state index contributed by atoms with van der Waals surface area (Å²) in [7, 11) is 2.01. The molecule has 2 aromatic rings. The first-order valence-corrected chi connectivity index (χ1v) is 8.21. The van der Waals surface area contributed by atoms with Gasteiger partial charge in [-0.1, -0.05) is 0 Å². The van der Waals surface area contributed by atoms with Crippen LogP contribution in [0.1, 0.15) is 40.2 Å². The van der Waals surface area contributed by atoms with E-state index in [1.807, 2.05) is 25.1 Å². The van der Waals surface area contributed by atoms with Crippen molar-refractivity contribution in [3.8, 4) is 0 Å². The van der Waals surface area contributed by atoms with E-state index in [0.717, 1.165) is 35.8 Å². The van der Waals surface area contributed by atoms with Gasteiger partial charge in [-0.05, 0) is 38.8 Å². The maximum absolute atomic E-state index is 12.6. The monoisotopic (exact) mass is 303 g/mol. The molecular formula is C16H21N3OS. The van der Waals surface area contributed by atoms with Crippen LogP contribution in [-0.2, 0) is 18.3 Å². The molecule has 4 nitrogen and oxygen atoms in total. The molecule has 1 amide bonds. The van der Waals surface area contributed by atoms with E-state index in [0.29, 0.717) is 6.42 Å². The zero-order valence-corrected chi connectivity index (χ0v) is 13.6. The number of aromatic nitrogens is 2. The second-order valence-corrected chi connectivity index (χ2v) is 7.16. The predicted molar refractivity (Wildman–Crippen MR) is 84.4 cm³/mol. The number of aryl methyl sites for hydroxylation is 3. The summed E-state index contributed by atoms with van der Waals surface area (Å²) in [6, 6.07) is 4.28. The smallest absolute Gasteiger partial charge is 0.228 e. The van der Waals surface area contributed by atoms with Crippen LogP contribution in [-0.4, -0.2) is 26.9 Å². The summed E-state index contributed by atoms with van der Waals surface area (Å²) in [4.78, 5) is 21.7. The lowest BCUT2D eigenvalue weighted by atomic mass is 10.2.